The Labute approximate surface area is 209 Å². The minimum Gasteiger partial charge on any atom is -0.436 e. The number of hydrogen-bond donors (Lipinski definition) is 0. The molecule has 0 atom stereocenters. The topological polar surface area (TPSA) is 31.0 Å². The molecule has 0 N–H and O–H groups in total. The molecule has 0 aliphatic carbocycles. The lowest BCUT2D eigenvalue weighted by Gasteiger charge is -2.08. The van der Waals surface area contributed by atoms with E-state index < -0.39 is 0 Å². The summed E-state index contributed by atoms with van der Waals surface area (Å²) < 4.78 is 8.42. The fraction of sp³-hybridized carbons (Fsp3) is 0.0606. The number of aromatic nitrogens is 2. The van der Waals surface area contributed by atoms with Gasteiger partial charge in [-0.25, -0.2) is 4.98 Å². The van der Waals surface area contributed by atoms with Gasteiger partial charge in [-0.2, -0.15) is 0 Å². The van der Waals surface area contributed by atoms with Gasteiger partial charge in [0.25, 0.3) is 0 Å². The monoisotopic (exact) mass is 464 g/mol. The van der Waals surface area contributed by atoms with Crippen molar-refractivity contribution in [2.75, 3.05) is 0 Å². The number of rotatable bonds is 4. The maximum absolute atomic E-state index is 6.08. The minimum absolute atomic E-state index is 0.666. The highest BCUT2D eigenvalue weighted by Crippen LogP contribution is 2.35. The highest BCUT2D eigenvalue weighted by atomic mass is 16.3. The summed E-state index contributed by atoms with van der Waals surface area (Å²) in [6.07, 6.45) is 0.936. The molecule has 0 aliphatic rings. The molecule has 3 heteroatoms. The summed E-state index contributed by atoms with van der Waals surface area (Å²) in [5, 5.41) is 2.51. The van der Waals surface area contributed by atoms with Crippen molar-refractivity contribution in [1.82, 2.24) is 9.55 Å². The largest absolute Gasteiger partial charge is 0.436 e. The highest BCUT2D eigenvalue weighted by molar-refractivity contribution is 6.10. The molecule has 0 radical (unpaired) electrons. The van der Waals surface area contributed by atoms with Crippen molar-refractivity contribution in [1.29, 1.82) is 0 Å². The maximum atomic E-state index is 6.08. The molecule has 0 unspecified atom stereocenters. The van der Waals surface area contributed by atoms with Gasteiger partial charge >= 0.3 is 0 Å². The van der Waals surface area contributed by atoms with E-state index in [1.807, 2.05) is 12.1 Å². The normalized spacial score (nSPS) is 11.6. The van der Waals surface area contributed by atoms with Gasteiger partial charge < -0.3 is 8.98 Å². The van der Waals surface area contributed by atoms with Crippen molar-refractivity contribution in [3.05, 3.63) is 121 Å². The van der Waals surface area contributed by atoms with Crippen LogP contribution in [-0.4, -0.2) is 9.55 Å². The van der Waals surface area contributed by atoms with Gasteiger partial charge in [0.05, 0.1) is 11.0 Å². The molecule has 0 fully saturated rings. The minimum atomic E-state index is 0.666. The first-order valence-corrected chi connectivity index (χ1v) is 12.4. The van der Waals surface area contributed by atoms with Crippen molar-refractivity contribution >= 4 is 32.9 Å². The Morgan fingerprint density at radius 2 is 1.36 bits per heavy atom. The third-order valence-electron chi connectivity index (χ3n) is 7.04. The van der Waals surface area contributed by atoms with Crippen LogP contribution in [0, 0.1) is 0 Å². The van der Waals surface area contributed by atoms with Crippen molar-refractivity contribution < 1.29 is 4.42 Å². The predicted octanol–water partition coefficient (Wildman–Crippen LogP) is 8.82. The third-order valence-corrected chi connectivity index (χ3v) is 7.04. The first-order valence-electron chi connectivity index (χ1n) is 12.4. The smallest absolute Gasteiger partial charge is 0.227 e. The average molecular weight is 465 g/mol. The van der Waals surface area contributed by atoms with E-state index in [4.69, 9.17) is 9.40 Å². The second-order valence-electron chi connectivity index (χ2n) is 9.13. The van der Waals surface area contributed by atoms with Gasteiger partial charge in [-0.05, 0) is 71.6 Å². The second-order valence-corrected chi connectivity index (χ2v) is 9.13. The number of oxazole rings is 1. The van der Waals surface area contributed by atoms with Gasteiger partial charge in [0.15, 0.2) is 5.58 Å². The quantitative estimate of drug-likeness (QED) is 0.260. The average Bonchev–Trinajstić information content (AvgIpc) is 3.53. The molecule has 0 amide bonds. The number of fused-ring (bicyclic) bond motifs is 4. The van der Waals surface area contributed by atoms with Crippen LogP contribution in [0.3, 0.4) is 0 Å². The molecule has 5 aromatic carbocycles. The van der Waals surface area contributed by atoms with Crippen LogP contribution in [0.25, 0.3) is 61.2 Å². The molecular formula is C33H24N2O. The van der Waals surface area contributed by atoms with E-state index >= 15 is 0 Å². The molecule has 2 aromatic heterocycles. The number of nitrogens with zero attached hydrogens (tertiary/aromatic N) is 2. The Morgan fingerprint density at radius 1 is 0.639 bits per heavy atom. The van der Waals surface area contributed by atoms with Crippen LogP contribution >= 0.6 is 0 Å². The van der Waals surface area contributed by atoms with Crippen LogP contribution in [0.5, 0.6) is 0 Å². The molecule has 0 saturated heterocycles. The zero-order valence-corrected chi connectivity index (χ0v) is 20.0. The van der Waals surface area contributed by atoms with Crippen molar-refractivity contribution in [2.24, 2.45) is 0 Å². The Bertz CT molecular complexity index is 1860. The summed E-state index contributed by atoms with van der Waals surface area (Å²) >= 11 is 0. The molecule has 36 heavy (non-hydrogen) atoms. The van der Waals surface area contributed by atoms with Gasteiger partial charge in [-0.15, -0.1) is 0 Å². The summed E-state index contributed by atoms with van der Waals surface area (Å²) in [6, 6.07) is 40.6. The number of aryl methyl sites for hydroxylation is 1. The van der Waals surface area contributed by atoms with Crippen molar-refractivity contribution in [3.8, 4) is 28.3 Å². The van der Waals surface area contributed by atoms with Gasteiger partial charge in [0, 0.05) is 22.0 Å². The first-order chi connectivity index (χ1) is 17.8. The fourth-order valence-corrected chi connectivity index (χ4v) is 5.23. The summed E-state index contributed by atoms with van der Waals surface area (Å²) in [7, 11) is 0. The zero-order valence-electron chi connectivity index (χ0n) is 20.0. The van der Waals surface area contributed by atoms with E-state index in [0.29, 0.717) is 5.89 Å². The standard InChI is InChI=1S/C33H24N2O/c1-2-22-9-8-14-31-32(22)34-33(36-31)24-17-15-23(16-18-24)25-19-20-30-28(21-25)27-12-6-7-13-29(27)35(30)26-10-4-3-5-11-26/h3-21H,2H2,1H3. The van der Waals surface area contributed by atoms with E-state index in [9.17, 15) is 0 Å². The summed E-state index contributed by atoms with van der Waals surface area (Å²) in [5.41, 5.74) is 9.95. The van der Waals surface area contributed by atoms with Gasteiger partial charge in [-0.3, -0.25) is 0 Å². The maximum Gasteiger partial charge on any atom is 0.227 e. The molecule has 0 spiro atoms. The first kappa shape index (κ1) is 20.7. The molecule has 0 saturated carbocycles. The molecule has 7 aromatic rings. The fourth-order valence-electron chi connectivity index (χ4n) is 5.23. The Balaban J connectivity index is 1.32. The van der Waals surface area contributed by atoms with Crippen LogP contribution in [0.4, 0.5) is 0 Å². The van der Waals surface area contributed by atoms with Gasteiger partial charge in [-0.1, -0.05) is 73.7 Å². The van der Waals surface area contributed by atoms with E-state index in [2.05, 4.69) is 115 Å². The predicted molar refractivity (Wildman–Crippen MR) is 149 cm³/mol. The van der Waals surface area contributed by atoms with Gasteiger partial charge in [0.2, 0.25) is 5.89 Å². The van der Waals surface area contributed by atoms with Crippen LogP contribution in [0.1, 0.15) is 12.5 Å². The number of benzene rings is 5. The Morgan fingerprint density at radius 3 is 2.19 bits per heavy atom. The summed E-state index contributed by atoms with van der Waals surface area (Å²) in [6.45, 7) is 2.14. The van der Waals surface area contributed by atoms with E-state index in [-0.39, 0.29) is 0 Å². The molecule has 172 valence electrons. The Kier molecular flexibility index (Phi) is 4.74. The molecule has 0 bridgehead atoms. The number of hydrogen-bond acceptors (Lipinski definition) is 2. The lowest BCUT2D eigenvalue weighted by molar-refractivity contribution is 0.620. The van der Waals surface area contributed by atoms with E-state index in [1.54, 1.807) is 0 Å². The molecule has 0 aliphatic heterocycles. The van der Waals surface area contributed by atoms with E-state index in [1.165, 1.54) is 44.2 Å². The van der Waals surface area contributed by atoms with Crippen LogP contribution in [-0.2, 0) is 6.42 Å². The van der Waals surface area contributed by atoms with Crippen molar-refractivity contribution in [3.63, 3.8) is 0 Å². The summed E-state index contributed by atoms with van der Waals surface area (Å²) in [4.78, 5) is 4.79. The van der Waals surface area contributed by atoms with Crippen LogP contribution in [0.2, 0.25) is 0 Å². The Hall–Kier alpha value is -4.63. The third kappa shape index (κ3) is 3.24. The lowest BCUT2D eigenvalue weighted by atomic mass is 10.0. The van der Waals surface area contributed by atoms with Crippen LogP contribution in [0.15, 0.2) is 120 Å². The highest BCUT2D eigenvalue weighted by Gasteiger charge is 2.14. The lowest BCUT2D eigenvalue weighted by Crippen LogP contribution is -1.92. The molecule has 3 nitrogen and oxygen atoms in total. The van der Waals surface area contributed by atoms with Crippen LogP contribution < -0.4 is 0 Å². The number of para-hydroxylation sites is 3. The SMILES string of the molecule is CCc1cccc2oc(-c3ccc(-c4ccc5c(c4)c4ccccc4n5-c4ccccc4)cc3)nc12. The second kappa shape index (κ2) is 8.24. The molecular weight excluding hydrogens is 440 g/mol. The molecule has 7 rings (SSSR count). The van der Waals surface area contributed by atoms with Crippen molar-refractivity contribution in [2.45, 2.75) is 13.3 Å². The van der Waals surface area contributed by atoms with Gasteiger partial charge in [0.1, 0.15) is 5.52 Å². The zero-order chi connectivity index (χ0) is 24.1. The molecule has 2 heterocycles. The van der Waals surface area contributed by atoms with E-state index in [0.717, 1.165) is 23.1 Å². The summed E-state index contributed by atoms with van der Waals surface area (Å²) in [5.74, 6) is 0.666.